The van der Waals surface area contributed by atoms with Gasteiger partial charge in [-0.25, -0.2) is 0 Å². The predicted molar refractivity (Wildman–Crippen MR) is 322 cm³/mol. The van der Waals surface area contributed by atoms with Crippen molar-refractivity contribution < 1.29 is 0 Å². The number of nitrogens with zero attached hydrogens (tertiary/aromatic N) is 3. The number of rotatable bonds is 4. The molecule has 0 aromatic heterocycles. The van der Waals surface area contributed by atoms with Crippen molar-refractivity contribution in [2.75, 3.05) is 14.7 Å². The maximum Gasteiger partial charge on any atom is 0.252 e. The number of benzene rings is 8. The molecule has 0 spiro atoms. The van der Waals surface area contributed by atoms with Gasteiger partial charge in [0.2, 0.25) is 0 Å². The van der Waals surface area contributed by atoms with Crippen LogP contribution in [0.4, 0.5) is 45.5 Å². The van der Waals surface area contributed by atoms with Crippen molar-refractivity contribution in [2.45, 2.75) is 148 Å². The predicted octanol–water partition coefficient (Wildman–Crippen LogP) is 17.4. The Hall–Kier alpha value is -6.78. The topological polar surface area (TPSA) is 9.72 Å². The van der Waals surface area contributed by atoms with Crippen molar-refractivity contribution in [3.8, 4) is 22.3 Å². The normalized spacial score (nSPS) is 20.0. The molecule has 8 aromatic rings. The largest absolute Gasteiger partial charge is 0.334 e. The van der Waals surface area contributed by atoms with Gasteiger partial charge in [-0.15, -0.1) is 0 Å². The molecule has 376 valence electrons. The number of hydrogen-bond acceptors (Lipinski definition) is 3. The van der Waals surface area contributed by atoms with E-state index in [2.05, 4.69) is 269 Å². The van der Waals surface area contributed by atoms with Crippen molar-refractivity contribution in [3.63, 3.8) is 0 Å². The number of para-hydroxylation sites is 1. The standard InChI is InChI=1S/C71H74BN3/c1-66(2,3)46-26-23-27-49(40-46)73-60-42-48(68(7,8)9)32-35-56(60)72-57-36-34-55-63(51-28-17-18-29-53(51)69(55,10)11)65(57)74(58-37-33-47(67(4,5)6)41-52(58)45-24-15-14-16-25-45)62-44-50(43-61(73)64(62)72)75-59-31-20-19-30-54(59)70(12)38-21-22-39-71(70,75)13/h14-20,23-37,40-44H,21-22,38-39H2,1-13H3. The molecule has 1 saturated carbocycles. The highest BCUT2D eigenvalue weighted by atomic mass is 15.3. The van der Waals surface area contributed by atoms with Crippen molar-refractivity contribution >= 4 is 68.6 Å². The molecule has 4 heteroatoms. The van der Waals surface area contributed by atoms with Crippen LogP contribution in [0, 0.1) is 0 Å². The summed E-state index contributed by atoms with van der Waals surface area (Å²) in [4.78, 5) is 8.27. The minimum Gasteiger partial charge on any atom is -0.334 e. The lowest BCUT2D eigenvalue weighted by Crippen LogP contribution is -2.62. The first-order chi connectivity index (χ1) is 35.6. The molecule has 0 saturated heterocycles. The van der Waals surface area contributed by atoms with Gasteiger partial charge < -0.3 is 14.7 Å². The Morgan fingerprint density at radius 2 is 1.04 bits per heavy atom. The summed E-state index contributed by atoms with van der Waals surface area (Å²) < 4.78 is 0. The van der Waals surface area contributed by atoms with E-state index in [1.165, 1.54) is 137 Å². The second kappa shape index (κ2) is 16.1. The molecule has 3 aliphatic heterocycles. The van der Waals surface area contributed by atoms with Crippen LogP contribution in [-0.2, 0) is 27.1 Å². The lowest BCUT2D eigenvalue weighted by atomic mass is 9.33. The van der Waals surface area contributed by atoms with Gasteiger partial charge in [-0.1, -0.05) is 211 Å². The first-order valence-electron chi connectivity index (χ1n) is 28.0. The fraction of sp³-hybridized carbons (Fsp3) is 0.324. The zero-order valence-corrected chi connectivity index (χ0v) is 46.8. The Morgan fingerprint density at radius 1 is 0.427 bits per heavy atom. The second-order valence-electron chi connectivity index (χ2n) is 26.9. The van der Waals surface area contributed by atoms with Crippen LogP contribution in [0.5, 0.6) is 0 Å². The van der Waals surface area contributed by atoms with Crippen LogP contribution < -0.4 is 31.1 Å². The van der Waals surface area contributed by atoms with Gasteiger partial charge in [-0.05, 0) is 145 Å². The highest BCUT2D eigenvalue weighted by molar-refractivity contribution is 7.00. The fourth-order valence-corrected chi connectivity index (χ4v) is 14.6. The monoisotopic (exact) mass is 980 g/mol. The molecule has 0 radical (unpaired) electrons. The van der Waals surface area contributed by atoms with Crippen LogP contribution >= 0.6 is 0 Å². The molecule has 3 heterocycles. The fourth-order valence-electron chi connectivity index (χ4n) is 14.6. The lowest BCUT2D eigenvalue weighted by Gasteiger charge is -2.51. The van der Waals surface area contributed by atoms with Crippen molar-refractivity contribution in [2.24, 2.45) is 0 Å². The summed E-state index contributed by atoms with van der Waals surface area (Å²) in [6, 6.07) is 64.6. The van der Waals surface area contributed by atoms with Gasteiger partial charge in [-0.2, -0.15) is 0 Å². The average molecular weight is 980 g/mol. The van der Waals surface area contributed by atoms with E-state index in [-0.39, 0.29) is 39.3 Å². The second-order valence-corrected chi connectivity index (χ2v) is 26.9. The summed E-state index contributed by atoms with van der Waals surface area (Å²) in [5.41, 5.74) is 27.0. The van der Waals surface area contributed by atoms with Crippen LogP contribution in [0.1, 0.15) is 149 Å². The summed E-state index contributed by atoms with van der Waals surface area (Å²) in [6.07, 6.45) is 4.76. The molecule has 75 heavy (non-hydrogen) atoms. The minimum atomic E-state index is -0.196. The number of anilines is 8. The van der Waals surface area contributed by atoms with Crippen LogP contribution in [0.2, 0.25) is 0 Å². The molecular formula is C71H74BN3. The molecule has 2 aliphatic carbocycles. The van der Waals surface area contributed by atoms with E-state index in [9.17, 15) is 0 Å². The summed E-state index contributed by atoms with van der Waals surface area (Å²) in [7, 11) is 0. The Kier molecular flexibility index (Phi) is 10.3. The van der Waals surface area contributed by atoms with E-state index in [0.29, 0.717) is 0 Å². The van der Waals surface area contributed by atoms with Crippen LogP contribution in [0.3, 0.4) is 0 Å². The highest BCUT2D eigenvalue weighted by Crippen LogP contribution is 2.63. The maximum atomic E-state index is 2.82. The van der Waals surface area contributed by atoms with Crippen LogP contribution in [-0.4, -0.2) is 12.3 Å². The van der Waals surface area contributed by atoms with E-state index in [1.54, 1.807) is 0 Å². The third kappa shape index (κ3) is 6.86. The smallest absolute Gasteiger partial charge is 0.252 e. The van der Waals surface area contributed by atoms with Crippen LogP contribution in [0.25, 0.3) is 22.3 Å². The van der Waals surface area contributed by atoms with E-state index in [4.69, 9.17) is 0 Å². The molecule has 13 rings (SSSR count). The Morgan fingerprint density at radius 3 is 1.77 bits per heavy atom. The van der Waals surface area contributed by atoms with Crippen molar-refractivity contribution in [1.29, 1.82) is 0 Å². The highest BCUT2D eigenvalue weighted by Gasteiger charge is 2.58. The lowest BCUT2D eigenvalue weighted by molar-refractivity contribution is 0.195. The summed E-state index contributed by atoms with van der Waals surface area (Å²) in [5.74, 6) is 0. The van der Waals surface area contributed by atoms with Gasteiger partial charge in [0.1, 0.15) is 0 Å². The molecule has 0 N–H and O–H groups in total. The third-order valence-corrected chi connectivity index (χ3v) is 19.1. The zero-order valence-electron chi connectivity index (χ0n) is 46.8. The van der Waals surface area contributed by atoms with Gasteiger partial charge in [0.15, 0.2) is 0 Å². The van der Waals surface area contributed by atoms with E-state index in [0.717, 1.165) is 6.42 Å². The van der Waals surface area contributed by atoms with E-state index < -0.39 is 0 Å². The maximum absolute atomic E-state index is 2.82. The molecule has 1 fully saturated rings. The van der Waals surface area contributed by atoms with Crippen molar-refractivity contribution in [1.82, 2.24) is 0 Å². The average Bonchev–Trinajstić information content (AvgIpc) is 3.75. The third-order valence-electron chi connectivity index (χ3n) is 19.1. The van der Waals surface area contributed by atoms with Gasteiger partial charge in [0.25, 0.3) is 6.71 Å². The van der Waals surface area contributed by atoms with E-state index in [1.807, 2.05) is 0 Å². The van der Waals surface area contributed by atoms with Gasteiger partial charge in [0, 0.05) is 61.8 Å². The zero-order chi connectivity index (χ0) is 52.4. The Balaban J connectivity index is 1.22. The minimum absolute atomic E-state index is 0.0158. The SMILES string of the molecule is CC(C)(C)c1cccc(N2c3cc(C(C)(C)C)ccc3B3c4ccc5c(c4N(c4ccc(C(C)(C)C)cc4-c4ccccc4)c4cc(N6c7ccccc7C7(C)CCCCC67C)cc2c43)-c2ccccc2C5(C)C)c1. The molecule has 8 aromatic carbocycles. The van der Waals surface area contributed by atoms with Crippen molar-refractivity contribution in [3.05, 3.63) is 197 Å². The Bertz CT molecular complexity index is 3660. The first kappa shape index (κ1) is 47.9. The molecule has 0 bridgehead atoms. The van der Waals surface area contributed by atoms with Gasteiger partial charge >= 0.3 is 0 Å². The Labute approximate surface area is 448 Å². The molecule has 2 atom stereocenters. The van der Waals surface area contributed by atoms with Gasteiger partial charge in [0.05, 0.1) is 11.2 Å². The summed E-state index contributed by atoms with van der Waals surface area (Å²) in [5, 5.41) is 0. The molecular weight excluding hydrogens is 906 g/mol. The first-order valence-corrected chi connectivity index (χ1v) is 28.0. The van der Waals surface area contributed by atoms with E-state index >= 15 is 0 Å². The number of fused-ring (bicyclic) bond motifs is 11. The van der Waals surface area contributed by atoms with Gasteiger partial charge in [-0.3, -0.25) is 0 Å². The molecule has 2 unspecified atom stereocenters. The summed E-state index contributed by atoms with van der Waals surface area (Å²) >= 11 is 0. The molecule has 0 amide bonds. The quantitative estimate of drug-likeness (QED) is 0.163. The molecule has 5 aliphatic rings. The summed E-state index contributed by atoms with van der Waals surface area (Å²) in [6.45, 7) is 31.2. The van der Waals surface area contributed by atoms with Crippen LogP contribution in [0.15, 0.2) is 164 Å². The molecule has 3 nitrogen and oxygen atoms in total. The number of hydrogen-bond donors (Lipinski definition) is 0.